The lowest BCUT2D eigenvalue weighted by molar-refractivity contribution is -0.131. The molecule has 1 aliphatic rings. The zero-order valence-electron chi connectivity index (χ0n) is 15.3. The van der Waals surface area contributed by atoms with Gasteiger partial charge in [0.25, 0.3) is 0 Å². The first-order chi connectivity index (χ1) is 12.7. The fraction of sp³-hybridized carbons (Fsp3) is 0.421. The number of aromatic nitrogens is 2. The van der Waals surface area contributed by atoms with Crippen molar-refractivity contribution in [2.24, 2.45) is 0 Å². The largest absolute Gasteiger partial charge is 0.497 e. The topological polar surface area (TPSA) is 61.8 Å². The molecule has 7 nitrogen and oxygen atoms in total. The highest BCUT2D eigenvalue weighted by atomic mass is 16.5. The molecule has 0 N–H and O–H groups in total. The maximum absolute atomic E-state index is 12.5. The predicted molar refractivity (Wildman–Crippen MR) is 100 cm³/mol. The van der Waals surface area contributed by atoms with Gasteiger partial charge in [0.1, 0.15) is 5.75 Å². The van der Waals surface area contributed by atoms with E-state index in [1.165, 1.54) is 0 Å². The second kappa shape index (κ2) is 8.62. The molecular formula is C19H25N5O2. The molecule has 1 amide bonds. The molecule has 1 fully saturated rings. The summed E-state index contributed by atoms with van der Waals surface area (Å²) in [6.07, 6.45) is 3.51. The molecule has 2 heterocycles. The second-order valence-corrected chi connectivity index (χ2v) is 6.41. The van der Waals surface area contributed by atoms with Gasteiger partial charge in [0.2, 0.25) is 11.9 Å². The van der Waals surface area contributed by atoms with Crippen molar-refractivity contribution in [2.45, 2.75) is 6.54 Å². The SMILES string of the molecule is COc1ccc(CN(C)C(=O)CN2CCN(c3ncccn3)CC2)cc1. The molecule has 0 aliphatic carbocycles. The summed E-state index contributed by atoms with van der Waals surface area (Å²) in [4.78, 5) is 27.2. The van der Waals surface area contributed by atoms with Crippen LogP contribution in [0.5, 0.6) is 5.75 Å². The average Bonchev–Trinajstić information content (AvgIpc) is 2.70. The standard InChI is InChI=1S/C19H25N5O2/c1-22(14-16-4-6-17(26-2)7-5-16)18(25)15-23-10-12-24(13-11-23)19-20-8-3-9-21-19/h3-9H,10-15H2,1-2H3. The summed E-state index contributed by atoms with van der Waals surface area (Å²) in [5.74, 6) is 1.71. The van der Waals surface area contributed by atoms with Gasteiger partial charge in [0.15, 0.2) is 0 Å². The van der Waals surface area contributed by atoms with E-state index in [0.29, 0.717) is 13.1 Å². The lowest BCUT2D eigenvalue weighted by Gasteiger charge is -2.34. The number of anilines is 1. The van der Waals surface area contributed by atoms with E-state index in [-0.39, 0.29) is 5.91 Å². The molecule has 0 atom stereocenters. The third-order valence-corrected chi connectivity index (χ3v) is 4.57. The highest BCUT2D eigenvalue weighted by Crippen LogP contribution is 2.13. The molecule has 1 aromatic heterocycles. The Hall–Kier alpha value is -2.67. The number of amides is 1. The quantitative estimate of drug-likeness (QED) is 0.778. The fourth-order valence-electron chi connectivity index (χ4n) is 2.97. The highest BCUT2D eigenvalue weighted by molar-refractivity contribution is 5.78. The van der Waals surface area contributed by atoms with Crippen LogP contribution in [0.25, 0.3) is 0 Å². The third kappa shape index (κ3) is 4.70. The first kappa shape index (κ1) is 18.1. The third-order valence-electron chi connectivity index (χ3n) is 4.57. The van der Waals surface area contributed by atoms with E-state index in [9.17, 15) is 4.79 Å². The van der Waals surface area contributed by atoms with Gasteiger partial charge in [-0.15, -0.1) is 0 Å². The van der Waals surface area contributed by atoms with Crippen LogP contribution in [0.4, 0.5) is 5.95 Å². The summed E-state index contributed by atoms with van der Waals surface area (Å²) in [5.41, 5.74) is 1.09. The summed E-state index contributed by atoms with van der Waals surface area (Å²) in [5, 5.41) is 0. The summed E-state index contributed by atoms with van der Waals surface area (Å²) in [6, 6.07) is 9.62. The maximum Gasteiger partial charge on any atom is 0.236 e. The van der Waals surface area contributed by atoms with Crippen molar-refractivity contribution < 1.29 is 9.53 Å². The lowest BCUT2D eigenvalue weighted by Crippen LogP contribution is -2.50. The van der Waals surface area contributed by atoms with E-state index in [1.54, 1.807) is 24.4 Å². The number of hydrogen-bond donors (Lipinski definition) is 0. The Bertz CT molecular complexity index is 700. The van der Waals surface area contributed by atoms with Crippen molar-refractivity contribution in [1.82, 2.24) is 19.8 Å². The molecule has 2 aromatic rings. The number of piperazine rings is 1. The number of carbonyl (C=O) groups is 1. The summed E-state index contributed by atoms with van der Waals surface area (Å²) in [6.45, 7) is 4.37. The Morgan fingerprint density at radius 2 is 1.77 bits per heavy atom. The second-order valence-electron chi connectivity index (χ2n) is 6.41. The normalized spacial score (nSPS) is 14.9. The van der Waals surface area contributed by atoms with Crippen molar-refractivity contribution in [3.63, 3.8) is 0 Å². The Labute approximate surface area is 154 Å². The number of ether oxygens (including phenoxy) is 1. The van der Waals surface area contributed by atoms with Gasteiger partial charge in [0, 0.05) is 52.2 Å². The van der Waals surface area contributed by atoms with E-state index < -0.39 is 0 Å². The lowest BCUT2D eigenvalue weighted by atomic mass is 10.2. The number of hydrogen-bond acceptors (Lipinski definition) is 6. The van der Waals surface area contributed by atoms with Crippen molar-refractivity contribution in [1.29, 1.82) is 0 Å². The summed E-state index contributed by atoms with van der Waals surface area (Å²) >= 11 is 0. The molecule has 1 aromatic carbocycles. The van der Waals surface area contributed by atoms with Crippen LogP contribution in [0.15, 0.2) is 42.7 Å². The number of likely N-dealkylation sites (N-methyl/N-ethyl adjacent to an activating group) is 1. The Kier molecular flexibility index (Phi) is 6.01. The van der Waals surface area contributed by atoms with Gasteiger partial charge in [-0.2, -0.15) is 0 Å². The van der Waals surface area contributed by atoms with Gasteiger partial charge in [-0.25, -0.2) is 9.97 Å². The molecule has 138 valence electrons. The molecule has 1 saturated heterocycles. The van der Waals surface area contributed by atoms with Crippen LogP contribution < -0.4 is 9.64 Å². The maximum atomic E-state index is 12.5. The molecule has 0 saturated carbocycles. The van der Waals surface area contributed by atoms with Gasteiger partial charge in [0.05, 0.1) is 13.7 Å². The Balaban J connectivity index is 1.46. The molecule has 26 heavy (non-hydrogen) atoms. The number of benzene rings is 1. The van der Waals surface area contributed by atoms with Crippen molar-refractivity contribution in [2.75, 3.05) is 51.8 Å². The zero-order chi connectivity index (χ0) is 18.4. The molecule has 1 aliphatic heterocycles. The average molecular weight is 355 g/mol. The van der Waals surface area contributed by atoms with Crippen molar-refractivity contribution in [3.8, 4) is 5.75 Å². The molecule has 0 bridgehead atoms. The molecule has 0 spiro atoms. The van der Waals surface area contributed by atoms with Gasteiger partial charge < -0.3 is 14.5 Å². The Morgan fingerprint density at radius 3 is 2.38 bits per heavy atom. The smallest absolute Gasteiger partial charge is 0.236 e. The monoisotopic (exact) mass is 355 g/mol. The molecular weight excluding hydrogens is 330 g/mol. The summed E-state index contributed by atoms with van der Waals surface area (Å²) in [7, 11) is 3.49. The number of carbonyl (C=O) groups excluding carboxylic acids is 1. The van der Waals surface area contributed by atoms with Crippen LogP contribution in [0.3, 0.4) is 0 Å². The first-order valence-corrected chi connectivity index (χ1v) is 8.77. The van der Waals surface area contributed by atoms with Crippen molar-refractivity contribution in [3.05, 3.63) is 48.3 Å². The number of nitrogens with zero attached hydrogens (tertiary/aromatic N) is 5. The van der Waals surface area contributed by atoms with E-state index >= 15 is 0 Å². The first-order valence-electron chi connectivity index (χ1n) is 8.77. The molecule has 0 radical (unpaired) electrons. The molecule has 0 unspecified atom stereocenters. The minimum absolute atomic E-state index is 0.130. The van der Waals surface area contributed by atoms with Crippen LogP contribution in [0, 0.1) is 0 Å². The van der Waals surface area contributed by atoms with Crippen LogP contribution in [0.1, 0.15) is 5.56 Å². The highest BCUT2D eigenvalue weighted by Gasteiger charge is 2.21. The van der Waals surface area contributed by atoms with E-state index in [0.717, 1.165) is 43.4 Å². The Morgan fingerprint density at radius 1 is 1.12 bits per heavy atom. The van der Waals surface area contributed by atoms with Crippen LogP contribution >= 0.6 is 0 Å². The molecule has 7 heteroatoms. The number of methoxy groups -OCH3 is 1. The minimum atomic E-state index is 0.130. The van der Waals surface area contributed by atoms with Crippen LogP contribution in [0.2, 0.25) is 0 Å². The van der Waals surface area contributed by atoms with Gasteiger partial charge in [-0.3, -0.25) is 9.69 Å². The predicted octanol–water partition coefficient (Wildman–Crippen LogP) is 1.27. The fourth-order valence-corrected chi connectivity index (χ4v) is 2.97. The van der Waals surface area contributed by atoms with Crippen LogP contribution in [-0.4, -0.2) is 72.6 Å². The summed E-state index contributed by atoms with van der Waals surface area (Å²) < 4.78 is 5.16. The minimum Gasteiger partial charge on any atom is -0.497 e. The van der Waals surface area contributed by atoms with Gasteiger partial charge >= 0.3 is 0 Å². The number of rotatable bonds is 6. The zero-order valence-corrected chi connectivity index (χ0v) is 15.3. The van der Waals surface area contributed by atoms with E-state index in [4.69, 9.17) is 4.74 Å². The van der Waals surface area contributed by atoms with Crippen molar-refractivity contribution >= 4 is 11.9 Å². The van der Waals surface area contributed by atoms with E-state index in [1.807, 2.05) is 37.4 Å². The van der Waals surface area contributed by atoms with E-state index in [2.05, 4.69) is 19.8 Å². The molecule has 3 rings (SSSR count). The van der Waals surface area contributed by atoms with Gasteiger partial charge in [-0.1, -0.05) is 12.1 Å². The van der Waals surface area contributed by atoms with Gasteiger partial charge in [-0.05, 0) is 23.8 Å². The van der Waals surface area contributed by atoms with Crippen LogP contribution in [-0.2, 0) is 11.3 Å².